The van der Waals surface area contributed by atoms with Gasteiger partial charge in [0.05, 0.1) is 9.82 Å². The third-order valence-corrected chi connectivity index (χ3v) is 4.12. The monoisotopic (exact) mass is 323 g/mol. The third kappa shape index (κ3) is 5.04. The number of nitro benzene ring substituents is 1. The van der Waals surface area contributed by atoms with Crippen molar-refractivity contribution in [3.63, 3.8) is 0 Å². The van der Waals surface area contributed by atoms with Crippen molar-refractivity contribution in [3.8, 4) is 0 Å². The summed E-state index contributed by atoms with van der Waals surface area (Å²) >= 11 is 0. The van der Waals surface area contributed by atoms with Crippen molar-refractivity contribution in [2.75, 3.05) is 19.6 Å². The zero-order valence-corrected chi connectivity index (χ0v) is 12.9. The SMILES string of the molecule is CCNCCNS(=O)(=O)c1ccc([N+](=O)[O-])cc1C.Cl. The fraction of sp³-hybridized carbons (Fsp3) is 0.455. The first-order valence-corrected chi connectivity index (χ1v) is 7.32. The van der Waals surface area contributed by atoms with Crippen LogP contribution in [0.4, 0.5) is 5.69 Å². The summed E-state index contributed by atoms with van der Waals surface area (Å²) in [6.07, 6.45) is 0. The number of nitrogens with one attached hydrogen (secondary N) is 2. The predicted molar refractivity (Wildman–Crippen MR) is 78.8 cm³/mol. The molecule has 114 valence electrons. The van der Waals surface area contributed by atoms with E-state index in [1.54, 1.807) is 0 Å². The molecule has 0 heterocycles. The van der Waals surface area contributed by atoms with Gasteiger partial charge in [-0.1, -0.05) is 6.92 Å². The van der Waals surface area contributed by atoms with Gasteiger partial charge in [-0.25, -0.2) is 13.1 Å². The highest BCUT2D eigenvalue weighted by molar-refractivity contribution is 7.89. The molecule has 0 amide bonds. The summed E-state index contributed by atoms with van der Waals surface area (Å²) in [6, 6.07) is 3.69. The molecule has 0 aliphatic carbocycles. The van der Waals surface area contributed by atoms with Gasteiger partial charge in [0, 0.05) is 25.2 Å². The van der Waals surface area contributed by atoms with Crippen molar-refractivity contribution in [2.24, 2.45) is 0 Å². The molecular weight excluding hydrogens is 306 g/mol. The lowest BCUT2D eigenvalue weighted by Crippen LogP contribution is -2.32. The molecule has 0 saturated heterocycles. The standard InChI is InChI=1S/C11H17N3O4S.ClH/c1-3-12-6-7-13-19(17,18)11-5-4-10(14(15)16)8-9(11)2;/h4-5,8,12-13H,3,6-7H2,1-2H3;1H. The van der Waals surface area contributed by atoms with Crippen LogP contribution in [0.15, 0.2) is 23.1 Å². The van der Waals surface area contributed by atoms with Crippen LogP contribution in [0.1, 0.15) is 12.5 Å². The number of likely N-dealkylation sites (N-methyl/N-ethyl adjacent to an activating group) is 1. The Hall–Kier alpha value is -1.22. The first-order chi connectivity index (χ1) is 8.88. The summed E-state index contributed by atoms with van der Waals surface area (Å²) in [7, 11) is -3.63. The summed E-state index contributed by atoms with van der Waals surface area (Å²) in [5.74, 6) is 0. The van der Waals surface area contributed by atoms with Crippen molar-refractivity contribution in [3.05, 3.63) is 33.9 Å². The number of non-ortho nitro benzene ring substituents is 1. The van der Waals surface area contributed by atoms with E-state index in [1.807, 2.05) is 6.92 Å². The lowest BCUT2D eigenvalue weighted by atomic mass is 10.2. The predicted octanol–water partition coefficient (Wildman–Crippen LogP) is 1.21. The molecule has 0 saturated carbocycles. The largest absolute Gasteiger partial charge is 0.316 e. The summed E-state index contributed by atoms with van der Waals surface area (Å²) in [4.78, 5) is 10.1. The fourth-order valence-electron chi connectivity index (χ4n) is 1.58. The van der Waals surface area contributed by atoms with E-state index in [-0.39, 0.29) is 29.5 Å². The molecule has 0 aromatic heterocycles. The van der Waals surface area contributed by atoms with Gasteiger partial charge in [0.25, 0.3) is 5.69 Å². The van der Waals surface area contributed by atoms with Gasteiger partial charge in [-0.05, 0) is 25.1 Å². The number of sulfonamides is 1. The summed E-state index contributed by atoms with van der Waals surface area (Å²) in [5.41, 5.74) is 0.231. The number of hydrogen-bond donors (Lipinski definition) is 2. The zero-order chi connectivity index (χ0) is 14.5. The number of halogens is 1. The molecule has 0 bridgehead atoms. The van der Waals surface area contributed by atoms with Gasteiger partial charge in [-0.2, -0.15) is 0 Å². The van der Waals surface area contributed by atoms with E-state index in [9.17, 15) is 18.5 Å². The minimum absolute atomic E-state index is 0. The van der Waals surface area contributed by atoms with Crippen molar-refractivity contribution in [2.45, 2.75) is 18.7 Å². The molecule has 7 nitrogen and oxygen atoms in total. The normalized spacial score (nSPS) is 10.9. The highest BCUT2D eigenvalue weighted by atomic mass is 35.5. The minimum Gasteiger partial charge on any atom is -0.316 e. The molecule has 1 aromatic rings. The molecule has 0 fully saturated rings. The minimum atomic E-state index is -3.63. The molecule has 0 spiro atoms. The van der Waals surface area contributed by atoms with Crippen molar-refractivity contribution in [1.82, 2.24) is 10.0 Å². The Morgan fingerprint density at radius 1 is 1.30 bits per heavy atom. The van der Waals surface area contributed by atoms with Crippen molar-refractivity contribution < 1.29 is 13.3 Å². The number of rotatable bonds is 7. The van der Waals surface area contributed by atoms with Crippen LogP contribution in [-0.4, -0.2) is 33.0 Å². The Balaban J connectivity index is 0.00000361. The second-order valence-corrected chi connectivity index (χ2v) is 5.69. The maximum absolute atomic E-state index is 12.0. The van der Waals surface area contributed by atoms with Gasteiger partial charge in [-0.3, -0.25) is 10.1 Å². The van der Waals surface area contributed by atoms with Crippen LogP contribution >= 0.6 is 12.4 Å². The van der Waals surface area contributed by atoms with E-state index in [0.29, 0.717) is 12.1 Å². The Bertz CT molecular complexity index is 563. The Morgan fingerprint density at radius 2 is 1.95 bits per heavy atom. The van der Waals surface area contributed by atoms with Gasteiger partial charge >= 0.3 is 0 Å². The van der Waals surface area contributed by atoms with Gasteiger partial charge in [0.1, 0.15) is 0 Å². The molecule has 0 atom stereocenters. The lowest BCUT2D eigenvalue weighted by Gasteiger charge is -2.09. The van der Waals surface area contributed by atoms with E-state index in [2.05, 4.69) is 10.0 Å². The molecule has 0 aliphatic heterocycles. The van der Waals surface area contributed by atoms with Gasteiger partial charge in [0.15, 0.2) is 0 Å². The number of aryl methyl sites for hydroxylation is 1. The highest BCUT2D eigenvalue weighted by Gasteiger charge is 2.18. The van der Waals surface area contributed by atoms with E-state index >= 15 is 0 Å². The summed E-state index contributed by atoms with van der Waals surface area (Å²) in [5, 5.41) is 13.6. The van der Waals surface area contributed by atoms with Gasteiger partial charge in [-0.15, -0.1) is 12.4 Å². The summed E-state index contributed by atoms with van der Waals surface area (Å²) < 4.78 is 26.4. The molecule has 0 unspecified atom stereocenters. The quantitative estimate of drug-likeness (QED) is 0.446. The van der Waals surface area contributed by atoms with Crippen LogP contribution in [0.3, 0.4) is 0 Å². The molecule has 0 aliphatic rings. The van der Waals surface area contributed by atoms with E-state index in [0.717, 1.165) is 6.54 Å². The van der Waals surface area contributed by atoms with Crippen LogP contribution in [-0.2, 0) is 10.0 Å². The Labute approximate surface area is 124 Å². The number of benzene rings is 1. The Morgan fingerprint density at radius 3 is 2.45 bits per heavy atom. The van der Waals surface area contributed by atoms with Crippen LogP contribution in [0.5, 0.6) is 0 Å². The third-order valence-electron chi connectivity index (χ3n) is 2.50. The van der Waals surface area contributed by atoms with Crippen molar-refractivity contribution in [1.29, 1.82) is 0 Å². The number of nitro groups is 1. The smallest absolute Gasteiger partial charge is 0.269 e. The number of nitrogens with zero attached hydrogens (tertiary/aromatic N) is 1. The van der Waals surface area contributed by atoms with Crippen molar-refractivity contribution >= 4 is 28.1 Å². The van der Waals surface area contributed by atoms with Crippen LogP contribution in [0.25, 0.3) is 0 Å². The molecule has 20 heavy (non-hydrogen) atoms. The first-order valence-electron chi connectivity index (χ1n) is 5.84. The van der Waals surface area contributed by atoms with Crippen LogP contribution in [0, 0.1) is 17.0 Å². The Kier molecular flexibility index (Phi) is 7.66. The average molecular weight is 324 g/mol. The van der Waals surface area contributed by atoms with Gasteiger partial charge in [0.2, 0.25) is 10.0 Å². The molecule has 1 aromatic carbocycles. The maximum Gasteiger partial charge on any atom is 0.269 e. The van der Waals surface area contributed by atoms with Gasteiger partial charge < -0.3 is 5.32 Å². The van der Waals surface area contributed by atoms with Crippen LogP contribution < -0.4 is 10.0 Å². The average Bonchev–Trinajstić information content (AvgIpc) is 2.34. The van der Waals surface area contributed by atoms with E-state index in [1.165, 1.54) is 25.1 Å². The first kappa shape index (κ1) is 18.8. The lowest BCUT2D eigenvalue weighted by molar-refractivity contribution is -0.385. The topological polar surface area (TPSA) is 101 Å². The van der Waals surface area contributed by atoms with E-state index in [4.69, 9.17) is 0 Å². The number of hydrogen-bond acceptors (Lipinski definition) is 5. The molecule has 1 rings (SSSR count). The summed E-state index contributed by atoms with van der Waals surface area (Å²) in [6.45, 7) is 5.02. The molecule has 9 heteroatoms. The molecular formula is C11H18ClN3O4S. The molecule has 2 N–H and O–H groups in total. The highest BCUT2D eigenvalue weighted by Crippen LogP contribution is 2.20. The van der Waals surface area contributed by atoms with Crippen LogP contribution in [0.2, 0.25) is 0 Å². The second kappa shape index (κ2) is 8.15. The second-order valence-electron chi connectivity index (χ2n) is 3.96. The zero-order valence-electron chi connectivity index (χ0n) is 11.3. The fourth-order valence-corrected chi connectivity index (χ4v) is 2.83. The molecule has 0 radical (unpaired) electrons. The van der Waals surface area contributed by atoms with E-state index < -0.39 is 14.9 Å². The maximum atomic E-state index is 12.0.